The quantitative estimate of drug-likeness (QED) is 0.654. The highest BCUT2D eigenvalue weighted by molar-refractivity contribution is 4.81. The highest BCUT2D eigenvalue weighted by Crippen LogP contribution is 2.18. The van der Waals surface area contributed by atoms with Crippen LogP contribution < -0.4 is 5.32 Å². The molecule has 1 heterocycles. The molecule has 1 rings (SSSR count). The van der Waals surface area contributed by atoms with Crippen LogP contribution in [-0.2, 0) is 0 Å². The third kappa shape index (κ3) is 2.17. The Balaban J connectivity index is 2.29. The van der Waals surface area contributed by atoms with Crippen molar-refractivity contribution in [2.75, 3.05) is 26.7 Å². The van der Waals surface area contributed by atoms with Gasteiger partial charge in [0.15, 0.2) is 0 Å². The molecule has 2 atom stereocenters. The molecule has 2 unspecified atom stereocenters. The Morgan fingerprint density at radius 2 is 2.36 bits per heavy atom. The summed E-state index contributed by atoms with van der Waals surface area (Å²) in [6.07, 6.45) is 1.37. The normalized spacial score (nSPS) is 29.2. The maximum Gasteiger partial charge on any atom is 0.00766 e. The Kier molecular flexibility index (Phi) is 3.34. The van der Waals surface area contributed by atoms with Gasteiger partial charge in [-0.3, -0.25) is 0 Å². The van der Waals surface area contributed by atoms with E-state index in [9.17, 15) is 0 Å². The molecule has 1 N–H and O–H groups in total. The van der Waals surface area contributed by atoms with Crippen LogP contribution in [-0.4, -0.2) is 37.6 Å². The number of nitrogens with one attached hydrogen (secondary N) is 1. The molecule has 0 spiro atoms. The zero-order chi connectivity index (χ0) is 8.27. The molecule has 0 aromatic heterocycles. The van der Waals surface area contributed by atoms with Crippen molar-refractivity contribution in [3.05, 3.63) is 0 Å². The molecule has 0 bridgehead atoms. The van der Waals surface area contributed by atoms with E-state index in [1.165, 1.54) is 26.1 Å². The number of hydrogen-bond donors (Lipinski definition) is 1. The van der Waals surface area contributed by atoms with Crippen LogP contribution in [0.4, 0.5) is 0 Å². The van der Waals surface area contributed by atoms with E-state index in [0.29, 0.717) is 6.04 Å². The van der Waals surface area contributed by atoms with Gasteiger partial charge in [-0.2, -0.15) is 0 Å². The number of nitrogens with zero attached hydrogens (tertiary/aromatic N) is 1. The fraction of sp³-hybridized carbons (Fsp3) is 1.00. The molecule has 2 nitrogen and oxygen atoms in total. The second kappa shape index (κ2) is 4.07. The van der Waals surface area contributed by atoms with Gasteiger partial charge in [-0.1, -0.05) is 6.92 Å². The molecule has 0 aromatic rings. The Morgan fingerprint density at radius 1 is 1.64 bits per heavy atom. The zero-order valence-electron chi connectivity index (χ0n) is 7.93. The van der Waals surface area contributed by atoms with Crippen LogP contribution in [0.15, 0.2) is 0 Å². The van der Waals surface area contributed by atoms with Crippen molar-refractivity contribution in [2.24, 2.45) is 5.92 Å². The Labute approximate surface area is 70.0 Å². The van der Waals surface area contributed by atoms with Crippen LogP contribution in [0.25, 0.3) is 0 Å². The molecule has 0 amide bonds. The van der Waals surface area contributed by atoms with Gasteiger partial charge in [-0.05, 0) is 39.4 Å². The van der Waals surface area contributed by atoms with Crippen molar-refractivity contribution in [3.8, 4) is 0 Å². The topological polar surface area (TPSA) is 15.3 Å². The molecule has 11 heavy (non-hydrogen) atoms. The van der Waals surface area contributed by atoms with Crippen LogP contribution in [0.1, 0.15) is 20.3 Å². The first-order chi connectivity index (χ1) is 5.27. The molecular formula is C9H20N2. The number of likely N-dealkylation sites (tertiary alicyclic amines) is 1. The summed E-state index contributed by atoms with van der Waals surface area (Å²) in [5, 5.41) is 3.32. The molecule has 66 valence electrons. The molecule has 0 aromatic carbocycles. The third-order valence-corrected chi connectivity index (χ3v) is 2.92. The van der Waals surface area contributed by atoms with E-state index in [1.807, 2.05) is 0 Å². The summed E-state index contributed by atoms with van der Waals surface area (Å²) in [4.78, 5) is 2.53. The van der Waals surface area contributed by atoms with Crippen LogP contribution in [0.2, 0.25) is 0 Å². The molecule has 1 aliphatic rings. The monoisotopic (exact) mass is 156 g/mol. The average Bonchev–Trinajstić information content (AvgIpc) is 2.50. The highest BCUT2D eigenvalue weighted by Gasteiger charge is 2.24. The summed E-state index contributed by atoms with van der Waals surface area (Å²) in [5.41, 5.74) is 0. The van der Waals surface area contributed by atoms with Crippen molar-refractivity contribution in [3.63, 3.8) is 0 Å². The van der Waals surface area contributed by atoms with Gasteiger partial charge in [0, 0.05) is 12.6 Å². The van der Waals surface area contributed by atoms with E-state index in [-0.39, 0.29) is 0 Å². The van der Waals surface area contributed by atoms with Gasteiger partial charge in [0.1, 0.15) is 0 Å². The zero-order valence-corrected chi connectivity index (χ0v) is 7.93. The first-order valence-corrected chi connectivity index (χ1v) is 4.67. The maximum atomic E-state index is 3.32. The summed E-state index contributed by atoms with van der Waals surface area (Å²) in [6.45, 7) is 8.33. The van der Waals surface area contributed by atoms with E-state index in [4.69, 9.17) is 0 Å². The molecular weight excluding hydrogens is 136 g/mol. The summed E-state index contributed by atoms with van der Waals surface area (Å²) in [5.74, 6) is 0.875. The summed E-state index contributed by atoms with van der Waals surface area (Å²) in [7, 11) is 2.05. The van der Waals surface area contributed by atoms with Crippen LogP contribution in [0.5, 0.6) is 0 Å². The summed E-state index contributed by atoms with van der Waals surface area (Å²) < 4.78 is 0. The Morgan fingerprint density at radius 3 is 2.82 bits per heavy atom. The average molecular weight is 156 g/mol. The predicted molar refractivity (Wildman–Crippen MR) is 48.7 cm³/mol. The largest absolute Gasteiger partial charge is 0.317 e. The molecule has 2 heteroatoms. The van der Waals surface area contributed by atoms with Crippen molar-refractivity contribution in [1.29, 1.82) is 0 Å². The first kappa shape index (κ1) is 9.01. The van der Waals surface area contributed by atoms with Crippen molar-refractivity contribution in [2.45, 2.75) is 26.3 Å². The fourth-order valence-corrected chi connectivity index (χ4v) is 1.79. The summed E-state index contributed by atoms with van der Waals surface area (Å²) >= 11 is 0. The highest BCUT2D eigenvalue weighted by atomic mass is 15.1. The van der Waals surface area contributed by atoms with E-state index in [0.717, 1.165) is 5.92 Å². The molecule has 0 saturated carbocycles. The van der Waals surface area contributed by atoms with E-state index in [2.05, 4.69) is 31.1 Å². The van der Waals surface area contributed by atoms with Crippen LogP contribution in [0.3, 0.4) is 0 Å². The van der Waals surface area contributed by atoms with E-state index < -0.39 is 0 Å². The minimum Gasteiger partial charge on any atom is -0.317 e. The maximum absolute atomic E-state index is 3.32. The lowest BCUT2D eigenvalue weighted by Gasteiger charge is -2.18. The molecule has 1 fully saturated rings. The summed E-state index contributed by atoms with van der Waals surface area (Å²) in [6, 6.07) is 0.687. The smallest absolute Gasteiger partial charge is 0.00766 e. The fourth-order valence-electron chi connectivity index (χ4n) is 1.79. The number of hydrogen-bond acceptors (Lipinski definition) is 2. The standard InChI is InChI=1S/C9H20N2/c1-4-11-6-5-9(7-11)8(2)10-3/h8-10H,4-7H2,1-3H3. The molecule has 1 aliphatic heterocycles. The van der Waals surface area contributed by atoms with Crippen LogP contribution in [0, 0.1) is 5.92 Å². The molecule has 1 saturated heterocycles. The second-order valence-corrected chi connectivity index (χ2v) is 3.52. The minimum atomic E-state index is 0.687. The minimum absolute atomic E-state index is 0.687. The Bertz CT molecular complexity index is 114. The number of rotatable bonds is 3. The van der Waals surface area contributed by atoms with Crippen molar-refractivity contribution >= 4 is 0 Å². The lowest BCUT2D eigenvalue weighted by Crippen LogP contribution is -2.32. The van der Waals surface area contributed by atoms with Gasteiger partial charge < -0.3 is 10.2 Å². The second-order valence-electron chi connectivity index (χ2n) is 3.52. The SMILES string of the molecule is CCN1CCC(C(C)NC)C1. The van der Waals surface area contributed by atoms with E-state index >= 15 is 0 Å². The lowest BCUT2D eigenvalue weighted by molar-refractivity contribution is 0.322. The first-order valence-electron chi connectivity index (χ1n) is 4.67. The van der Waals surface area contributed by atoms with Crippen molar-refractivity contribution < 1.29 is 0 Å². The van der Waals surface area contributed by atoms with E-state index in [1.54, 1.807) is 0 Å². The molecule has 0 aliphatic carbocycles. The lowest BCUT2D eigenvalue weighted by atomic mass is 10.0. The predicted octanol–water partition coefficient (Wildman–Crippen LogP) is 0.936. The van der Waals surface area contributed by atoms with Gasteiger partial charge in [-0.25, -0.2) is 0 Å². The van der Waals surface area contributed by atoms with Gasteiger partial charge in [-0.15, -0.1) is 0 Å². The van der Waals surface area contributed by atoms with Crippen LogP contribution >= 0.6 is 0 Å². The van der Waals surface area contributed by atoms with Gasteiger partial charge in [0.2, 0.25) is 0 Å². The molecule has 0 radical (unpaired) electrons. The van der Waals surface area contributed by atoms with Gasteiger partial charge in [0.25, 0.3) is 0 Å². The van der Waals surface area contributed by atoms with Gasteiger partial charge in [0.05, 0.1) is 0 Å². The third-order valence-electron chi connectivity index (χ3n) is 2.92. The van der Waals surface area contributed by atoms with Gasteiger partial charge >= 0.3 is 0 Å². The van der Waals surface area contributed by atoms with Crippen molar-refractivity contribution in [1.82, 2.24) is 10.2 Å². The Hall–Kier alpha value is -0.0800.